The molecule has 6 rings (SSSR count). The van der Waals surface area contributed by atoms with Crippen LogP contribution >= 0.6 is 11.8 Å². The number of carbonyl (C=O) groups is 17. The maximum absolute atomic E-state index is 15.7. The second-order valence-corrected chi connectivity index (χ2v) is 29.6. The molecule has 39 heteroatoms. The molecule has 0 spiro atoms. The third-order valence-corrected chi connectivity index (χ3v) is 19.4. The molecule has 0 bridgehead atoms. The van der Waals surface area contributed by atoms with Crippen LogP contribution < -0.4 is 97.2 Å². The Kier molecular flexibility index (Phi) is 35.3. The smallest absolute Gasteiger partial charge is 0.303 e. The van der Waals surface area contributed by atoms with Gasteiger partial charge >= 0.3 is 5.97 Å². The Balaban J connectivity index is 1.46. The zero-order chi connectivity index (χ0) is 84.8. The van der Waals surface area contributed by atoms with Gasteiger partial charge in [0.1, 0.15) is 78.3 Å². The molecular formula is C76H102N18O20S. The van der Waals surface area contributed by atoms with Crippen molar-refractivity contribution >= 4 is 134 Å². The van der Waals surface area contributed by atoms with Gasteiger partial charge in [-0.3, -0.25) is 81.5 Å². The number of thioether (sulfide) groups is 1. The highest BCUT2D eigenvalue weighted by atomic mass is 32.2. The van der Waals surface area contributed by atoms with Gasteiger partial charge in [0, 0.05) is 74.8 Å². The fourth-order valence-electron chi connectivity index (χ4n) is 12.6. The van der Waals surface area contributed by atoms with Crippen LogP contribution in [0.15, 0.2) is 97.2 Å². The lowest BCUT2D eigenvalue weighted by atomic mass is 9.88. The number of nitrogens with two attached hydrogens (primary N) is 5. The van der Waals surface area contributed by atoms with Crippen molar-refractivity contribution in [3.63, 3.8) is 0 Å². The molecular weight excluding hydrogens is 1520 g/mol. The van der Waals surface area contributed by atoms with Crippen molar-refractivity contribution in [3.8, 4) is 5.75 Å². The summed E-state index contributed by atoms with van der Waals surface area (Å²) in [6, 6.07) is 8.19. The van der Waals surface area contributed by atoms with Gasteiger partial charge in [0.2, 0.25) is 94.5 Å². The number of para-hydroxylation sites is 1. The minimum absolute atomic E-state index is 0.114. The lowest BCUT2D eigenvalue weighted by molar-refractivity contribution is -0.140. The number of nitrogens with one attached hydrogen (secondary N) is 13. The average Bonchev–Trinajstić information content (AvgIpc) is 1.73. The van der Waals surface area contributed by atoms with Crippen LogP contribution in [-0.2, 0) is 101 Å². The minimum atomic E-state index is -2.07. The Labute approximate surface area is 665 Å². The number of primary amides is 4. The number of aliphatic carboxylic acids is 1. The number of aliphatic hydroxyl groups is 1. The standard InChI is InChI=1S/C76H102N18O20S/c1-39(2)35-76(5,75(113)92-52(22-25-63(101)102)67(105)89-57(34-61(80)99)65(103)83-37-62(81)100)94-73(111)55(32-43-14-17-44-10-6-7-11-45(44)30-43)88-70(108)54(31-42-15-18-47(19-16-42)114-28-27-77)87-72(110)58-38-115-29-26-53(84-41(4)96)68(106)85-51(21-24-60(79)98)69(107)93-64(40(3)95)74(112)90-56(33-46-36-82-49-13-9-8-12-48(46)49)71(109)86-50(66(104)91-58)20-23-59(78)97/h6-19,30,36,39-40,50-58,64,82,95H,20-29,31-35,37-38,77H2,1-5H3,(H2,78,97)(H2,79,98)(H2,80,99)(H2,81,100)(H,83,103)(H,84,96)(H,85,106)(H,86,109)(H,87,110)(H,88,108)(H,89,105)(H,90,112)(H,91,104)(H,92,113)(H,93,107)(H,94,111)(H,101,102)/t40-,50+,51+,52+,53+,54+,55+,56+,57+,58+,64+,76+/m1/s1. The first-order valence-electron chi connectivity index (χ1n) is 37.1. The molecule has 4 aromatic carbocycles. The van der Waals surface area contributed by atoms with E-state index in [1.165, 1.54) is 6.92 Å². The van der Waals surface area contributed by atoms with Crippen LogP contribution in [0.1, 0.15) is 109 Å². The van der Waals surface area contributed by atoms with E-state index in [4.69, 9.17) is 33.4 Å². The molecule has 0 saturated carbocycles. The number of aliphatic hydroxyl groups excluding tert-OH is 1. The normalized spacial score (nSPS) is 19.0. The lowest BCUT2D eigenvalue weighted by Gasteiger charge is -2.35. The van der Waals surface area contributed by atoms with E-state index in [0.29, 0.717) is 38.7 Å². The van der Waals surface area contributed by atoms with Gasteiger partial charge in [-0.25, -0.2) is 0 Å². The van der Waals surface area contributed by atoms with E-state index in [9.17, 15) is 72.5 Å². The van der Waals surface area contributed by atoms with Crippen LogP contribution in [0, 0.1) is 5.92 Å². The third-order valence-electron chi connectivity index (χ3n) is 18.3. The second-order valence-electron chi connectivity index (χ2n) is 28.4. The highest BCUT2D eigenvalue weighted by Crippen LogP contribution is 2.24. The second kappa shape index (κ2) is 44.3. The number of ether oxygens (including phenoxy) is 1. The monoisotopic (exact) mass is 1620 g/mol. The molecule has 1 aromatic heterocycles. The molecule has 38 nitrogen and oxygen atoms in total. The van der Waals surface area contributed by atoms with E-state index < -0.39 is 242 Å². The first-order valence-corrected chi connectivity index (χ1v) is 38.2. The summed E-state index contributed by atoms with van der Waals surface area (Å²) in [6.45, 7) is 6.44. The first-order chi connectivity index (χ1) is 54.4. The zero-order valence-electron chi connectivity index (χ0n) is 64.2. The summed E-state index contributed by atoms with van der Waals surface area (Å²) in [7, 11) is 0. The fourth-order valence-corrected chi connectivity index (χ4v) is 13.6. The number of carbonyl (C=O) groups excluding carboxylic acids is 16. The first kappa shape index (κ1) is 91.6. The number of aromatic nitrogens is 1. The summed E-state index contributed by atoms with van der Waals surface area (Å²) >= 11 is 0.918. The predicted octanol–water partition coefficient (Wildman–Crippen LogP) is -4.13. The van der Waals surface area contributed by atoms with Crippen molar-refractivity contribution in [1.82, 2.24) is 68.8 Å². The van der Waals surface area contributed by atoms with Crippen LogP contribution in [0.25, 0.3) is 21.7 Å². The van der Waals surface area contributed by atoms with Gasteiger partial charge in [-0.05, 0) is 103 Å². The number of benzene rings is 4. The van der Waals surface area contributed by atoms with Crippen molar-refractivity contribution in [1.29, 1.82) is 0 Å². The molecule has 2 heterocycles. The van der Waals surface area contributed by atoms with Crippen molar-refractivity contribution in [2.24, 2.45) is 34.6 Å². The van der Waals surface area contributed by atoms with Gasteiger partial charge in [0.25, 0.3) is 0 Å². The number of hydrogen-bond donors (Lipinski definition) is 20. The number of carboxylic acid groups (broad SMARTS) is 1. The van der Waals surface area contributed by atoms with Crippen molar-refractivity contribution < 1.29 is 96.5 Å². The van der Waals surface area contributed by atoms with E-state index in [0.717, 1.165) is 31.0 Å². The maximum atomic E-state index is 15.7. The van der Waals surface area contributed by atoms with Gasteiger partial charge in [-0.1, -0.05) is 86.6 Å². The number of rotatable bonds is 37. The van der Waals surface area contributed by atoms with Crippen LogP contribution in [0.4, 0.5) is 0 Å². The Morgan fingerprint density at radius 3 is 1.82 bits per heavy atom. The molecule has 0 aliphatic carbocycles. The molecule has 115 heavy (non-hydrogen) atoms. The molecule has 622 valence electrons. The minimum Gasteiger partial charge on any atom is -0.492 e. The molecule has 1 aliphatic heterocycles. The summed E-state index contributed by atoms with van der Waals surface area (Å²) in [4.78, 5) is 238. The number of aromatic amines is 1. The molecule has 1 saturated heterocycles. The van der Waals surface area contributed by atoms with E-state index in [2.05, 4.69) is 68.8 Å². The summed E-state index contributed by atoms with van der Waals surface area (Å²) in [6.07, 6.45) is -5.98. The van der Waals surface area contributed by atoms with Crippen LogP contribution in [0.5, 0.6) is 5.75 Å². The topological polar surface area (TPSA) is 630 Å². The molecule has 1 aliphatic rings. The molecule has 25 N–H and O–H groups in total. The maximum Gasteiger partial charge on any atom is 0.303 e. The largest absolute Gasteiger partial charge is 0.492 e. The van der Waals surface area contributed by atoms with Crippen LogP contribution in [0.3, 0.4) is 0 Å². The molecule has 1 fully saturated rings. The van der Waals surface area contributed by atoms with Gasteiger partial charge in [-0.2, -0.15) is 11.8 Å². The Bertz CT molecular complexity index is 4370. The SMILES string of the molecule is CC(=O)N[C@H]1CCSC[C@@H](C(=O)N[C@@H](Cc2ccc(OCCN)cc2)C(=O)N[C@@H](Cc2ccc3ccccc3c2)C(=O)N[C@@](C)(CC(C)C)C(=O)N[C@@H](CCC(=O)O)C(=O)N[C@@H](CC(N)=O)C(=O)NCC(N)=O)NC(=O)[C@H](CCC(N)=O)NC(=O)[C@H](Cc2c[nH]c3ccccc23)NC(=O)[C@H]([C@@H](C)O)NC(=O)[C@H](CCC(N)=O)NC1=O. The Hall–Kier alpha value is -12.3. The molecule has 12 atom stereocenters. The van der Waals surface area contributed by atoms with E-state index in [1.54, 1.807) is 105 Å². The van der Waals surface area contributed by atoms with E-state index in [-0.39, 0.29) is 44.6 Å². The highest BCUT2D eigenvalue weighted by molar-refractivity contribution is 7.99. The summed E-state index contributed by atoms with van der Waals surface area (Å²) in [5.74, 6) is -18.8. The van der Waals surface area contributed by atoms with Crippen LogP contribution in [0.2, 0.25) is 0 Å². The summed E-state index contributed by atoms with van der Waals surface area (Å²) in [5, 5.41) is 53.2. The van der Waals surface area contributed by atoms with E-state index >= 15 is 19.2 Å². The van der Waals surface area contributed by atoms with Crippen molar-refractivity contribution in [3.05, 3.63) is 114 Å². The van der Waals surface area contributed by atoms with Crippen molar-refractivity contribution in [2.75, 3.05) is 31.2 Å². The quantitative estimate of drug-likeness (QED) is 0.0180. The molecule has 16 amide bonds. The number of fused-ring (bicyclic) bond motifs is 2. The number of H-pyrrole nitrogens is 1. The Morgan fingerprint density at radius 1 is 0.617 bits per heavy atom. The third kappa shape index (κ3) is 29.7. The zero-order valence-corrected chi connectivity index (χ0v) is 65.0. The highest BCUT2D eigenvalue weighted by Gasteiger charge is 2.42. The van der Waals surface area contributed by atoms with Gasteiger partial charge in [0.15, 0.2) is 0 Å². The van der Waals surface area contributed by atoms with Crippen molar-refractivity contribution in [2.45, 2.75) is 184 Å². The van der Waals surface area contributed by atoms with E-state index in [1.807, 2.05) is 6.07 Å². The number of amides is 16. The number of carboxylic acids is 1. The lowest BCUT2D eigenvalue weighted by Crippen LogP contribution is -2.65. The predicted molar refractivity (Wildman–Crippen MR) is 419 cm³/mol. The summed E-state index contributed by atoms with van der Waals surface area (Å²) in [5.41, 5.74) is 27.2. The Morgan fingerprint density at radius 2 is 1.20 bits per heavy atom. The van der Waals surface area contributed by atoms with Crippen LogP contribution in [-0.4, -0.2) is 219 Å². The molecule has 0 unspecified atom stereocenters. The molecule has 0 radical (unpaired) electrons. The fraction of sp³-hybridized carbons (Fsp3) is 0.461. The summed E-state index contributed by atoms with van der Waals surface area (Å²) < 4.78 is 5.71. The average molecular weight is 1620 g/mol. The molecule has 5 aromatic rings. The van der Waals surface area contributed by atoms with Gasteiger partial charge in [0.05, 0.1) is 19.1 Å². The van der Waals surface area contributed by atoms with Gasteiger partial charge in [-0.15, -0.1) is 0 Å². The van der Waals surface area contributed by atoms with Gasteiger partial charge < -0.3 is 112 Å². The number of hydrogen-bond acceptors (Lipinski definition) is 21.